The molecule has 18 heavy (non-hydrogen) atoms. The van der Waals surface area contributed by atoms with Crippen molar-refractivity contribution in [2.45, 2.75) is 31.5 Å². The summed E-state index contributed by atoms with van der Waals surface area (Å²) < 4.78 is 42.8. The summed E-state index contributed by atoms with van der Waals surface area (Å²) in [6.45, 7) is 0.270. The van der Waals surface area contributed by atoms with Crippen LogP contribution in [0.5, 0.6) is 5.75 Å². The van der Waals surface area contributed by atoms with Crippen LogP contribution in [0.3, 0.4) is 0 Å². The first-order valence-electron chi connectivity index (χ1n) is 6.02. The van der Waals surface area contributed by atoms with Crippen molar-refractivity contribution in [2.24, 2.45) is 11.7 Å². The van der Waals surface area contributed by atoms with Gasteiger partial charge in [0.15, 0.2) is 0 Å². The standard InChI is InChI=1S/C13H16F3NO/c14-13(15,16)10-5-2-6-11(7-10)18-8-12(17)9-3-1-4-9/h2,5-7,9,12H,1,3-4,8,17H2. The highest BCUT2D eigenvalue weighted by Gasteiger charge is 2.30. The Balaban J connectivity index is 1.92. The molecule has 2 nitrogen and oxygen atoms in total. The van der Waals surface area contributed by atoms with Gasteiger partial charge in [0.2, 0.25) is 0 Å². The van der Waals surface area contributed by atoms with Crippen molar-refractivity contribution in [1.29, 1.82) is 0 Å². The van der Waals surface area contributed by atoms with Crippen molar-refractivity contribution in [3.63, 3.8) is 0 Å². The second-order valence-electron chi connectivity index (χ2n) is 4.69. The molecule has 1 atom stereocenters. The maximum absolute atomic E-state index is 12.5. The number of benzene rings is 1. The van der Waals surface area contributed by atoms with Gasteiger partial charge in [-0.3, -0.25) is 0 Å². The Morgan fingerprint density at radius 2 is 2.06 bits per heavy atom. The Kier molecular flexibility index (Phi) is 3.80. The predicted octanol–water partition coefficient (Wildman–Crippen LogP) is 3.21. The van der Waals surface area contributed by atoms with Crippen LogP contribution in [-0.2, 0) is 6.18 Å². The molecule has 100 valence electrons. The lowest BCUT2D eigenvalue weighted by atomic mass is 9.80. The molecule has 1 aliphatic rings. The summed E-state index contributed by atoms with van der Waals surface area (Å²) in [5.74, 6) is 0.676. The van der Waals surface area contributed by atoms with E-state index < -0.39 is 11.7 Å². The third kappa shape index (κ3) is 3.16. The number of halogens is 3. The monoisotopic (exact) mass is 259 g/mol. The van der Waals surface area contributed by atoms with Gasteiger partial charge >= 0.3 is 6.18 Å². The quantitative estimate of drug-likeness (QED) is 0.901. The average molecular weight is 259 g/mol. The van der Waals surface area contributed by atoms with Crippen LogP contribution in [0, 0.1) is 5.92 Å². The Hall–Kier alpha value is -1.23. The number of hydrogen-bond acceptors (Lipinski definition) is 2. The van der Waals surface area contributed by atoms with Crippen LogP contribution in [-0.4, -0.2) is 12.6 Å². The zero-order valence-corrected chi connectivity index (χ0v) is 9.91. The van der Waals surface area contributed by atoms with E-state index in [1.54, 1.807) is 0 Å². The van der Waals surface area contributed by atoms with Gasteiger partial charge in [-0.15, -0.1) is 0 Å². The van der Waals surface area contributed by atoms with Gasteiger partial charge in [0.25, 0.3) is 0 Å². The van der Waals surface area contributed by atoms with Gasteiger partial charge in [0.1, 0.15) is 12.4 Å². The molecule has 1 aromatic carbocycles. The van der Waals surface area contributed by atoms with Crippen molar-refractivity contribution < 1.29 is 17.9 Å². The fraction of sp³-hybridized carbons (Fsp3) is 0.538. The molecule has 1 saturated carbocycles. The third-order valence-corrected chi connectivity index (χ3v) is 3.36. The van der Waals surface area contributed by atoms with E-state index in [0.29, 0.717) is 5.92 Å². The summed E-state index contributed by atoms with van der Waals surface area (Å²) in [5.41, 5.74) is 5.21. The molecule has 1 fully saturated rings. The van der Waals surface area contributed by atoms with Crippen LogP contribution < -0.4 is 10.5 Å². The highest BCUT2D eigenvalue weighted by Crippen LogP contribution is 2.32. The predicted molar refractivity (Wildman–Crippen MR) is 62.3 cm³/mol. The topological polar surface area (TPSA) is 35.2 Å². The normalized spacial score (nSPS) is 18.2. The van der Waals surface area contributed by atoms with Gasteiger partial charge < -0.3 is 10.5 Å². The van der Waals surface area contributed by atoms with E-state index in [-0.39, 0.29) is 18.4 Å². The van der Waals surface area contributed by atoms with Crippen molar-refractivity contribution in [1.82, 2.24) is 0 Å². The number of hydrogen-bond donors (Lipinski definition) is 1. The highest BCUT2D eigenvalue weighted by molar-refractivity contribution is 5.30. The molecule has 0 bridgehead atoms. The first kappa shape index (κ1) is 13.2. The van der Waals surface area contributed by atoms with E-state index in [1.807, 2.05) is 0 Å². The molecule has 0 amide bonds. The summed E-state index contributed by atoms with van der Waals surface area (Å²) in [4.78, 5) is 0. The Morgan fingerprint density at radius 3 is 2.61 bits per heavy atom. The van der Waals surface area contributed by atoms with E-state index >= 15 is 0 Å². The van der Waals surface area contributed by atoms with Gasteiger partial charge in [0.05, 0.1) is 5.56 Å². The summed E-state index contributed by atoms with van der Waals surface area (Å²) in [7, 11) is 0. The molecule has 0 spiro atoms. The lowest BCUT2D eigenvalue weighted by molar-refractivity contribution is -0.137. The first-order valence-corrected chi connectivity index (χ1v) is 6.02. The molecule has 2 N–H and O–H groups in total. The van der Waals surface area contributed by atoms with Crippen molar-refractivity contribution in [3.05, 3.63) is 29.8 Å². The molecule has 1 unspecified atom stereocenters. The highest BCUT2D eigenvalue weighted by atomic mass is 19.4. The SMILES string of the molecule is NC(COc1cccc(C(F)(F)F)c1)C1CCC1. The van der Waals surface area contributed by atoms with Gasteiger partial charge in [-0.25, -0.2) is 0 Å². The van der Waals surface area contributed by atoms with E-state index in [4.69, 9.17) is 10.5 Å². The fourth-order valence-corrected chi connectivity index (χ4v) is 1.96. The van der Waals surface area contributed by atoms with Crippen molar-refractivity contribution in [2.75, 3.05) is 6.61 Å². The molecular formula is C13H16F3NO. The van der Waals surface area contributed by atoms with Gasteiger partial charge in [0, 0.05) is 6.04 Å². The number of rotatable bonds is 4. The molecule has 0 saturated heterocycles. The molecule has 0 aliphatic heterocycles. The summed E-state index contributed by atoms with van der Waals surface area (Å²) in [5, 5.41) is 0. The second kappa shape index (κ2) is 5.18. The van der Waals surface area contributed by atoms with Crippen LogP contribution in [0.25, 0.3) is 0 Å². The van der Waals surface area contributed by atoms with Crippen LogP contribution in [0.15, 0.2) is 24.3 Å². The minimum atomic E-state index is -4.34. The smallest absolute Gasteiger partial charge is 0.416 e. The van der Waals surface area contributed by atoms with E-state index in [1.165, 1.54) is 18.6 Å². The molecule has 5 heteroatoms. The molecule has 1 aliphatic carbocycles. The molecule has 0 heterocycles. The first-order chi connectivity index (χ1) is 8.47. The fourth-order valence-electron chi connectivity index (χ4n) is 1.96. The molecule has 0 aromatic heterocycles. The van der Waals surface area contributed by atoms with E-state index in [9.17, 15) is 13.2 Å². The molecule has 0 radical (unpaired) electrons. The Labute approximate surface area is 104 Å². The van der Waals surface area contributed by atoms with Crippen LogP contribution in [0.4, 0.5) is 13.2 Å². The summed E-state index contributed by atoms with van der Waals surface area (Å²) in [6, 6.07) is 4.80. The summed E-state index contributed by atoms with van der Waals surface area (Å²) >= 11 is 0. The Morgan fingerprint density at radius 1 is 1.33 bits per heavy atom. The van der Waals surface area contributed by atoms with Crippen LogP contribution in [0.1, 0.15) is 24.8 Å². The van der Waals surface area contributed by atoms with E-state index in [2.05, 4.69) is 0 Å². The lowest BCUT2D eigenvalue weighted by Crippen LogP contribution is -2.39. The minimum absolute atomic E-state index is 0.0895. The number of nitrogens with two attached hydrogens (primary N) is 1. The van der Waals surface area contributed by atoms with Crippen LogP contribution in [0.2, 0.25) is 0 Å². The average Bonchev–Trinajstić information content (AvgIpc) is 2.23. The number of ether oxygens (including phenoxy) is 1. The van der Waals surface area contributed by atoms with Crippen molar-refractivity contribution in [3.8, 4) is 5.75 Å². The van der Waals surface area contributed by atoms with E-state index in [0.717, 1.165) is 25.0 Å². The van der Waals surface area contributed by atoms with Gasteiger partial charge in [-0.05, 0) is 37.0 Å². The largest absolute Gasteiger partial charge is 0.492 e. The Bertz CT molecular complexity index is 401. The second-order valence-corrected chi connectivity index (χ2v) is 4.69. The third-order valence-electron chi connectivity index (χ3n) is 3.36. The molecular weight excluding hydrogens is 243 g/mol. The maximum atomic E-state index is 12.5. The maximum Gasteiger partial charge on any atom is 0.416 e. The zero-order chi connectivity index (χ0) is 13.2. The lowest BCUT2D eigenvalue weighted by Gasteiger charge is -2.31. The minimum Gasteiger partial charge on any atom is -0.492 e. The summed E-state index contributed by atoms with van der Waals surface area (Å²) in [6.07, 6.45) is -0.975. The van der Waals surface area contributed by atoms with Gasteiger partial charge in [-0.1, -0.05) is 12.5 Å². The molecule has 1 aromatic rings. The number of alkyl halides is 3. The van der Waals surface area contributed by atoms with Crippen molar-refractivity contribution >= 4 is 0 Å². The molecule has 2 rings (SSSR count). The zero-order valence-electron chi connectivity index (χ0n) is 9.91. The van der Waals surface area contributed by atoms with Crippen LogP contribution >= 0.6 is 0 Å². The van der Waals surface area contributed by atoms with Gasteiger partial charge in [-0.2, -0.15) is 13.2 Å².